The van der Waals surface area contributed by atoms with E-state index in [0.717, 1.165) is 8.95 Å². The molecule has 0 aliphatic carbocycles. The van der Waals surface area contributed by atoms with E-state index in [1.165, 1.54) is 0 Å². The first-order chi connectivity index (χ1) is 9.51. The molecule has 1 heterocycles. The highest BCUT2D eigenvalue weighted by Crippen LogP contribution is 2.77. The molecule has 1 N–H and O–H groups in total. The highest BCUT2D eigenvalue weighted by Gasteiger charge is 2.54. The Morgan fingerprint density at radius 2 is 1.30 bits per heavy atom. The van der Waals surface area contributed by atoms with Gasteiger partial charge in [-0.1, -0.05) is 68.3 Å². The molecule has 0 saturated carbocycles. The van der Waals surface area contributed by atoms with E-state index in [2.05, 4.69) is 31.9 Å². The Kier molecular flexibility index (Phi) is 3.91. The highest BCUT2D eigenvalue weighted by molar-refractivity contribution is 9.10. The van der Waals surface area contributed by atoms with E-state index >= 15 is 0 Å². The third-order valence-electron chi connectivity index (χ3n) is 3.27. The van der Waals surface area contributed by atoms with Crippen molar-refractivity contribution in [3.63, 3.8) is 0 Å². The zero-order valence-corrected chi connectivity index (χ0v) is 14.3. The van der Waals surface area contributed by atoms with Crippen molar-refractivity contribution < 1.29 is 14.2 Å². The van der Waals surface area contributed by atoms with Gasteiger partial charge in [0.15, 0.2) is 11.7 Å². The van der Waals surface area contributed by atoms with Gasteiger partial charge in [0.05, 0.1) is 0 Å². The SMILES string of the molecule is O=P1(O)[C@@H](c2ccccc2Br)O[C@H]1c1ccccc1Br. The second kappa shape index (κ2) is 5.39. The molecule has 3 rings (SSSR count). The molecule has 104 valence electrons. The monoisotopic (exact) mass is 416 g/mol. The molecule has 20 heavy (non-hydrogen) atoms. The van der Waals surface area contributed by atoms with Crippen molar-refractivity contribution >= 4 is 39.2 Å². The van der Waals surface area contributed by atoms with Gasteiger partial charge in [-0.3, -0.25) is 4.57 Å². The fourth-order valence-corrected chi connectivity index (χ4v) is 5.49. The third-order valence-corrected chi connectivity index (χ3v) is 6.86. The first kappa shape index (κ1) is 14.5. The summed E-state index contributed by atoms with van der Waals surface area (Å²) in [5.74, 6) is -1.54. The minimum atomic E-state index is -3.47. The number of halogens is 2. The summed E-state index contributed by atoms with van der Waals surface area (Å²) in [6.45, 7) is 0. The number of hydrogen-bond acceptors (Lipinski definition) is 2. The maximum Gasteiger partial charge on any atom is 0.265 e. The van der Waals surface area contributed by atoms with Gasteiger partial charge in [-0.2, -0.15) is 0 Å². The average Bonchev–Trinajstić information content (AvgIpc) is 2.42. The summed E-state index contributed by atoms with van der Waals surface area (Å²) in [4.78, 5) is 10.4. The second-order valence-corrected chi connectivity index (χ2v) is 8.55. The fourth-order valence-electron chi connectivity index (χ4n) is 2.25. The number of rotatable bonds is 2. The Morgan fingerprint density at radius 1 is 0.900 bits per heavy atom. The number of benzene rings is 2. The molecule has 0 aromatic heterocycles. The van der Waals surface area contributed by atoms with Gasteiger partial charge < -0.3 is 9.63 Å². The van der Waals surface area contributed by atoms with Crippen molar-refractivity contribution in [3.8, 4) is 0 Å². The van der Waals surface area contributed by atoms with Crippen LogP contribution in [0, 0.1) is 0 Å². The molecule has 1 fully saturated rings. The summed E-state index contributed by atoms with van der Waals surface area (Å²) < 4.78 is 19.9. The van der Waals surface area contributed by atoms with Crippen molar-refractivity contribution in [2.45, 2.75) is 11.7 Å². The Labute approximate surface area is 133 Å². The molecular formula is C14H11Br2O3P. The summed E-state index contributed by atoms with van der Waals surface area (Å²) in [5.41, 5.74) is 1.42. The van der Waals surface area contributed by atoms with E-state index in [9.17, 15) is 9.46 Å². The summed E-state index contributed by atoms with van der Waals surface area (Å²) >= 11 is 6.78. The standard InChI is InChI=1S/C14H11Br2O3P/c15-11-7-3-1-5-9(11)13-19-14(20(13,17)18)10-6-2-4-8-12(10)16/h1-8,13-14H,(H,17,18)/t13-,14+. The molecule has 1 unspecified atom stereocenters. The van der Waals surface area contributed by atoms with Crippen LogP contribution in [0.3, 0.4) is 0 Å². The predicted octanol–water partition coefficient (Wildman–Crippen LogP) is 5.21. The number of ether oxygens (including phenoxy) is 1. The van der Waals surface area contributed by atoms with Crippen molar-refractivity contribution in [2.24, 2.45) is 0 Å². The maximum absolute atomic E-state index is 12.6. The number of hydrogen-bond donors (Lipinski definition) is 1. The van der Waals surface area contributed by atoms with Crippen LogP contribution in [0.25, 0.3) is 0 Å². The first-order valence-electron chi connectivity index (χ1n) is 5.98. The van der Waals surface area contributed by atoms with E-state index in [1.807, 2.05) is 36.4 Å². The quantitative estimate of drug-likeness (QED) is 0.682. The largest absolute Gasteiger partial charge is 0.345 e. The van der Waals surface area contributed by atoms with Crippen molar-refractivity contribution in [1.82, 2.24) is 0 Å². The van der Waals surface area contributed by atoms with Gasteiger partial charge in [-0.05, 0) is 12.1 Å². The lowest BCUT2D eigenvalue weighted by Crippen LogP contribution is -2.24. The first-order valence-corrected chi connectivity index (χ1v) is 9.36. The van der Waals surface area contributed by atoms with Crippen LogP contribution >= 0.6 is 39.2 Å². The third kappa shape index (κ3) is 2.32. The van der Waals surface area contributed by atoms with Gasteiger partial charge in [0.2, 0.25) is 0 Å². The van der Waals surface area contributed by atoms with Crippen LogP contribution in [0.4, 0.5) is 0 Å². The van der Waals surface area contributed by atoms with E-state index in [4.69, 9.17) is 4.74 Å². The maximum atomic E-state index is 12.6. The minimum absolute atomic E-state index is 0.710. The van der Waals surface area contributed by atoms with Crippen LogP contribution in [0.5, 0.6) is 0 Å². The Balaban J connectivity index is 1.94. The molecule has 6 heteroatoms. The molecule has 0 spiro atoms. The molecular weight excluding hydrogens is 407 g/mol. The zero-order valence-electron chi connectivity index (χ0n) is 10.2. The van der Waals surface area contributed by atoms with E-state index in [0.29, 0.717) is 11.1 Å². The van der Waals surface area contributed by atoms with Gasteiger partial charge in [-0.15, -0.1) is 0 Å². The average molecular weight is 418 g/mol. The molecule has 2 aromatic carbocycles. The lowest BCUT2D eigenvalue weighted by atomic mass is 10.2. The normalized spacial score (nSPS) is 28.9. The molecule has 1 aliphatic heterocycles. The zero-order chi connectivity index (χ0) is 14.3. The van der Waals surface area contributed by atoms with Gasteiger partial charge >= 0.3 is 0 Å². The molecule has 0 bridgehead atoms. The lowest BCUT2D eigenvalue weighted by Gasteiger charge is -2.41. The van der Waals surface area contributed by atoms with Crippen LogP contribution in [0.2, 0.25) is 0 Å². The summed E-state index contributed by atoms with van der Waals surface area (Å²) in [6, 6.07) is 14.7. The molecule has 3 nitrogen and oxygen atoms in total. The molecule has 1 aliphatic rings. The van der Waals surface area contributed by atoms with Crippen LogP contribution in [-0.2, 0) is 9.30 Å². The summed E-state index contributed by atoms with van der Waals surface area (Å²) in [7, 11) is -3.47. The smallest absolute Gasteiger partial charge is 0.265 e. The highest BCUT2D eigenvalue weighted by atomic mass is 79.9. The second-order valence-electron chi connectivity index (χ2n) is 4.56. The molecule has 2 aromatic rings. The Morgan fingerprint density at radius 3 is 1.65 bits per heavy atom. The van der Waals surface area contributed by atoms with Gasteiger partial charge in [0.1, 0.15) is 0 Å². The fraction of sp³-hybridized carbons (Fsp3) is 0.143. The molecule has 1 saturated heterocycles. The van der Waals surface area contributed by atoms with E-state index in [1.54, 1.807) is 12.1 Å². The summed E-state index contributed by atoms with van der Waals surface area (Å²) in [5, 5.41) is 0. The van der Waals surface area contributed by atoms with Crippen LogP contribution in [0.15, 0.2) is 57.5 Å². The van der Waals surface area contributed by atoms with Crippen LogP contribution in [-0.4, -0.2) is 4.89 Å². The Hall–Kier alpha value is -0.450. The topological polar surface area (TPSA) is 46.5 Å². The van der Waals surface area contributed by atoms with Crippen molar-refractivity contribution in [3.05, 3.63) is 68.6 Å². The van der Waals surface area contributed by atoms with Gasteiger partial charge in [0.25, 0.3) is 7.37 Å². The predicted molar refractivity (Wildman–Crippen MR) is 84.7 cm³/mol. The van der Waals surface area contributed by atoms with Crippen LogP contribution < -0.4 is 0 Å². The lowest BCUT2D eigenvalue weighted by molar-refractivity contribution is 0.00410. The molecule has 0 amide bonds. The van der Waals surface area contributed by atoms with E-state index < -0.39 is 19.1 Å². The van der Waals surface area contributed by atoms with Crippen molar-refractivity contribution in [1.29, 1.82) is 0 Å². The summed E-state index contributed by atoms with van der Waals surface area (Å²) in [6.07, 6.45) is 0. The molecule has 3 atom stereocenters. The van der Waals surface area contributed by atoms with Gasteiger partial charge in [0, 0.05) is 20.1 Å². The van der Waals surface area contributed by atoms with Crippen molar-refractivity contribution in [2.75, 3.05) is 0 Å². The Bertz CT molecular complexity index is 649. The van der Waals surface area contributed by atoms with Crippen LogP contribution in [0.1, 0.15) is 22.8 Å². The molecule has 0 radical (unpaired) electrons. The van der Waals surface area contributed by atoms with E-state index in [-0.39, 0.29) is 0 Å². The minimum Gasteiger partial charge on any atom is -0.345 e. The van der Waals surface area contributed by atoms with Gasteiger partial charge in [-0.25, -0.2) is 0 Å².